The van der Waals surface area contributed by atoms with Crippen molar-refractivity contribution in [1.82, 2.24) is 4.98 Å². The Morgan fingerprint density at radius 1 is 1.08 bits per heavy atom. The molecule has 0 aliphatic carbocycles. The molecule has 1 aromatic heterocycles. The predicted molar refractivity (Wildman–Crippen MR) is 108 cm³/mol. The predicted octanol–water partition coefficient (Wildman–Crippen LogP) is 4.42. The Kier molecular flexibility index (Phi) is 6.29. The van der Waals surface area contributed by atoms with Crippen molar-refractivity contribution in [3.8, 4) is 0 Å². The second kappa shape index (κ2) is 8.08. The molecule has 142 valence electrons. The van der Waals surface area contributed by atoms with Crippen LogP contribution < -0.4 is 9.62 Å². The molecular weight excluding hydrogens is 346 g/mol. The number of nitrogens with zero attached hydrogens (tertiary/aromatic N) is 2. The van der Waals surface area contributed by atoms with Crippen LogP contribution in [-0.2, 0) is 15.4 Å². The Balaban J connectivity index is 2.11. The van der Waals surface area contributed by atoms with E-state index in [2.05, 4.69) is 42.3 Å². The van der Waals surface area contributed by atoms with Gasteiger partial charge in [-0.2, -0.15) is 0 Å². The molecule has 0 amide bonds. The maximum Gasteiger partial charge on any atom is 0.261 e. The fraction of sp³-hybridized carbons (Fsp3) is 0.450. The summed E-state index contributed by atoms with van der Waals surface area (Å²) in [6, 6.07) is 10.6. The van der Waals surface area contributed by atoms with E-state index in [1.807, 2.05) is 25.2 Å². The zero-order chi connectivity index (χ0) is 19.4. The van der Waals surface area contributed by atoms with Gasteiger partial charge in [0, 0.05) is 13.6 Å². The van der Waals surface area contributed by atoms with Crippen LogP contribution in [0, 0.1) is 0 Å². The van der Waals surface area contributed by atoms with Crippen LogP contribution >= 0.6 is 0 Å². The second-order valence-electron chi connectivity index (χ2n) is 7.56. The Labute approximate surface area is 157 Å². The van der Waals surface area contributed by atoms with Crippen molar-refractivity contribution in [2.75, 3.05) is 23.2 Å². The summed E-state index contributed by atoms with van der Waals surface area (Å²) >= 11 is 0. The van der Waals surface area contributed by atoms with Gasteiger partial charge in [0.15, 0.2) is 0 Å². The van der Waals surface area contributed by atoms with Crippen molar-refractivity contribution in [3.05, 3.63) is 48.2 Å². The highest BCUT2D eigenvalue weighted by Gasteiger charge is 2.18. The molecule has 0 fully saturated rings. The minimum atomic E-state index is -3.63. The van der Waals surface area contributed by atoms with Gasteiger partial charge in [0.2, 0.25) is 0 Å². The highest BCUT2D eigenvalue weighted by atomic mass is 32.2. The number of hydrogen-bond acceptors (Lipinski definition) is 4. The van der Waals surface area contributed by atoms with E-state index in [1.54, 1.807) is 24.4 Å². The number of unbranched alkanes of at least 4 members (excludes halogenated alkanes) is 1. The normalized spacial score (nSPS) is 12.0. The van der Waals surface area contributed by atoms with E-state index < -0.39 is 10.0 Å². The third-order valence-corrected chi connectivity index (χ3v) is 5.67. The summed E-state index contributed by atoms with van der Waals surface area (Å²) in [5.41, 5.74) is 1.54. The zero-order valence-corrected chi connectivity index (χ0v) is 17.1. The van der Waals surface area contributed by atoms with Crippen molar-refractivity contribution in [1.29, 1.82) is 0 Å². The fourth-order valence-electron chi connectivity index (χ4n) is 2.53. The topological polar surface area (TPSA) is 62.3 Å². The van der Waals surface area contributed by atoms with Crippen LogP contribution in [0.15, 0.2) is 47.5 Å². The molecule has 0 bridgehead atoms. The molecule has 2 aromatic rings. The molecule has 5 nitrogen and oxygen atoms in total. The molecule has 1 aromatic carbocycles. The standard InChI is InChI=1S/C20H29N3O2S/c1-6-7-14-23(5)19-13-10-17(15-21-19)22-26(24,25)18-11-8-16(9-12-18)20(2,3)4/h8-13,15,22H,6-7,14H2,1-5H3. The molecule has 0 radical (unpaired) electrons. The first-order chi connectivity index (χ1) is 12.1. The Morgan fingerprint density at radius 2 is 1.73 bits per heavy atom. The van der Waals surface area contributed by atoms with E-state index in [0.717, 1.165) is 30.8 Å². The third kappa shape index (κ3) is 5.21. The van der Waals surface area contributed by atoms with Gasteiger partial charge in [-0.05, 0) is 41.7 Å². The van der Waals surface area contributed by atoms with Gasteiger partial charge in [-0.3, -0.25) is 4.72 Å². The maximum atomic E-state index is 12.6. The summed E-state index contributed by atoms with van der Waals surface area (Å²) in [7, 11) is -1.64. The number of sulfonamides is 1. The molecule has 0 saturated carbocycles. The van der Waals surface area contributed by atoms with Crippen molar-refractivity contribution in [3.63, 3.8) is 0 Å². The SMILES string of the molecule is CCCCN(C)c1ccc(NS(=O)(=O)c2ccc(C(C)(C)C)cc2)cn1. The van der Waals surface area contributed by atoms with Crippen LogP contribution in [0.4, 0.5) is 11.5 Å². The molecule has 0 aliphatic heterocycles. The molecule has 6 heteroatoms. The van der Waals surface area contributed by atoms with E-state index in [0.29, 0.717) is 5.69 Å². The third-order valence-electron chi connectivity index (χ3n) is 4.27. The van der Waals surface area contributed by atoms with Gasteiger partial charge < -0.3 is 4.90 Å². The summed E-state index contributed by atoms with van der Waals surface area (Å²) < 4.78 is 27.7. The molecule has 26 heavy (non-hydrogen) atoms. The van der Waals surface area contributed by atoms with Crippen molar-refractivity contribution >= 4 is 21.5 Å². The molecule has 0 atom stereocenters. The lowest BCUT2D eigenvalue weighted by Crippen LogP contribution is -2.19. The minimum Gasteiger partial charge on any atom is -0.360 e. The summed E-state index contributed by atoms with van der Waals surface area (Å²) in [4.78, 5) is 6.66. The van der Waals surface area contributed by atoms with E-state index in [-0.39, 0.29) is 10.3 Å². The van der Waals surface area contributed by atoms with E-state index in [9.17, 15) is 8.42 Å². The number of hydrogen-bond donors (Lipinski definition) is 1. The van der Waals surface area contributed by atoms with Crippen molar-refractivity contribution in [2.24, 2.45) is 0 Å². The summed E-state index contributed by atoms with van der Waals surface area (Å²) in [6.07, 6.45) is 3.77. The smallest absolute Gasteiger partial charge is 0.261 e. The Bertz CT molecular complexity index is 808. The molecule has 0 unspecified atom stereocenters. The van der Waals surface area contributed by atoms with Gasteiger partial charge >= 0.3 is 0 Å². The van der Waals surface area contributed by atoms with Gasteiger partial charge in [-0.1, -0.05) is 46.2 Å². The number of nitrogens with one attached hydrogen (secondary N) is 1. The van der Waals surface area contributed by atoms with E-state index >= 15 is 0 Å². The summed E-state index contributed by atoms with van der Waals surface area (Å²) in [6.45, 7) is 9.36. The molecule has 0 aliphatic rings. The first-order valence-electron chi connectivity index (χ1n) is 8.94. The first-order valence-corrected chi connectivity index (χ1v) is 10.4. The zero-order valence-electron chi connectivity index (χ0n) is 16.3. The average molecular weight is 376 g/mol. The molecule has 0 spiro atoms. The monoisotopic (exact) mass is 375 g/mol. The number of aromatic nitrogens is 1. The average Bonchev–Trinajstić information content (AvgIpc) is 2.59. The molecule has 0 saturated heterocycles. The minimum absolute atomic E-state index is 0.0146. The van der Waals surface area contributed by atoms with Gasteiger partial charge in [0.05, 0.1) is 16.8 Å². The number of anilines is 2. The van der Waals surface area contributed by atoms with Crippen molar-refractivity contribution < 1.29 is 8.42 Å². The van der Waals surface area contributed by atoms with E-state index in [1.165, 1.54) is 0 Å². The van der Waals surface area contributed by atoms with Crippen LogP contribution in [-0.4, -0.2) is 27.0 Å². The summed E-state index contributed by atoms with van der Waals surface area (Å²) in [5.74, 6) is 0.830. The largest absolute Gasteiger partial charge is 0.360 e. The second-order valence-corrected chi connectivity index (χ2v) is 9.24. The van der Waals surface area contributed by atoms with Gasteiger partial charge in [-0.25, -0.2) is 13.4 Å². The highest BCUT2D eigenvalue weighted by molar-refractivity contribution is 7.92. The highest BCUT2D eigenvalue weighted by Crippen LogP contribution is 2.24. The van der Waals surface area contributed by atoms with Gasteiger partial charge in [0.1, 0.15) is 5.82 Å². The van der Waals surface area contributed by atoms with Gasteiger partial charge in [-0.15, -0.1) is 0 Å². The van der Waals surface area contributed by atoms with Gasteiger partial charge in [0.25, 0.3) is 10.0 Å². The van der Waals surface area contributed by atoms with Crippen LogP contribution in [0.25, 0.3) is 0 Å². The Hall–Kier alpha value is -2.08. The van der Waals surface area contributed by atoms with Crippen LogP contribution in [0.5, 0.6) is 0 Å². The molecule has 2 rings (SSSR count). The molecule has 1 N–H and O–H groups in total. The molecular formula is C20H29N3O2S. The van der Waals surface area contributed by atoms with Crippen LogP contribution in [0.2, 0.25) is 0 Å². The maximum absolute atomic E-state index is 12.6. The lowest BCUT2D eigenvalue weighted by Gasteiger charge is -2.19. The lowest BCUT2D eigenvalue weighted by atomic mass is 9.87. The van der Waals surface area contributed by atoms with Crippen LogP contribution in [0.3, 0.4) is 0 Å². The lowest BCUT2D eigenvalue weighted by molar-refractivity contribution is 0.587. The number of benzene rings is 1. The van der Waals surface area contributed by atoms with Crippen LogP contribution in [0.1, 0.15) is 46.1 Å². The quantitative estimate of drug-likeness (QED) is 0.778. The summed E-state index contributed by atoms with van der Waals surface area (Å²) in [5, 5.41) is 0. The molecule has 1 heterocycles. The fourth-order valence-corrected chi connectivity index (χ4v) is 3.57. The Morgan fingerprint density at radius 3 is 2.23 bits per heavy atom. The number of pyridine rings is 1. The number of rotatable bonds is 7. The first kappa shape index (κ1) is 20.2. The van der Waals surface area contributed by atoms with E-state index in [4.69, 9.17) is 0 Å². The van der Waals surface area contributed by atoms with Crippen molar-refractivity contribution in [2.45, 2.75) is 50.8 Å².